The highest BCUT2D eigenvalue weighted by Gasteiger charge is 2.34. The maximum Gasteiger partial charge on any atom is 0.407 e. The molecule has 0 radical (unpaired) electrons. The van der Waals surface area contributed by atoms with Gasteiger partial charge in [-0.15, -0.1) is 0 Å². The molecule has 5 nitrogen and oxygen atoms in total. The predicted molar refractivity (Wildman–Crippen MR) is 91.2 cm³/mol. The minimum atomic E-state index is -1.05. The highest BCUT2D eigenvalue weighted by Crippen LogP contribution is 2.30. The van der Waals surface area contributed by atoms with Crippen LogP contribution in [0.15, 0.2) is 0 Å². The molecule has 5 heteroatoms. The molecule has 1 aliphatic rings. The number of amides is 1. The third-order valence-electron chi connectivity index (χ3n) is 4.44. The number of rotatable bonds is 6. The Kier molecular flexibility index (Phi) is 7.81. The molecule has 3 atom stereocenters. The van der Waals surface area contributed by atoms with E-state index in [1.54, 1.807) is 0 Å². The van der Waals surface area contributed by atoms with Crippen molar-refractivity contribution in [3.8, 4) is 0 Å². The van der Waals surface area contributed by atoms with Crippen LogP contribution in [0.5, 0.6) is 0 Å². The summed E-state index contributed by atoms with van der Waals surface area (Å²) in [5.74, 6) is 0.360. The van der Waals surface area contributed by atoms with Crippen molar-refractivity contribution >= 4 is 6.09 Å². The summed E-state index contributed by atoms with van der Waals surface area (Å²) in [6.07, 6.45) is 3.30. The van der Waals surface area contributed by atoms with Gasteiger partial charge in [-0.3, -0.25) is 0 Å². The van der Waals surface area contributed by atoms with E-state index in [9.17, 15) is 15.0 Å². The normalized spacial score (nSPS) is 20.9. The van der Waals surface area contributed by atoms with Crippen molar-refractivity contribution in [1.29, 1.82) is 0 Å². The van der Waals surface area contributed by atoms with Gasteiger partial charge in [-0.1, -0.05) is 46.0 Å². The Morgan fingerprint density at radius 1 is 1.13 bits per heavy atom. The number of aliphatic hydroxyl groups excluding tert-OH is 2. The van der Waals surface area contributed by atoms with Gasteiger partial charge in [0.2, 0.25) is 0 Å². The van der Waals surface area contributed by atoms with Gasteiger partial charge in [-0.2, -0.15) is 0 Å². The molecule has 0 saturated heterocycles. The summed E-state index contributed by atoms with van der Waals surface area (Å²) in [7, 11) is 0. The Hall–Kier alpha value is -0.810. The minimum absolute atomic E-state index is 0.0897. The van der Waals surface area contributed by atoms with Crippen molar-refractivity contribution in [3.05, 3.63) is 0 Å². The van der Waals surface area contributed by atoms with Crippen molar-refractivity contribution in [2.45, 2.75) is 97.0 Å². The zero-order valence-corrected chi connectivity index (χ0v) is 15.3. The van der Waals surface area contributed by atoms with Gasteiger partial charge < -0.3 is 20.3 Å². The Labute approximate surface area is 140 Å². The number of aliphatic hydroxyl groups is 2. The van der Waals surface area contributed by atoms with Gasteiger partial charge in [-0.25, -0.2) is 4.79 Å². The summed E-state index contributed by atoms with van der Waals surface area (Å²) in [5, 5.41) is 23.4. The molecular weight excluding hydrogens is 294 g/mol. The average Bonchev–Trinajstić information content (AvgIpc) is 2.44. The van der Waals surface area contributed by atoms with E-state index in [0.717, 1.165) is 12.8 Å². The van der Waals surface area contributed by atoms with Crippen LogP contribution >= 0.6 is 0 Å². The van der Waals surface area contributed by atoms with Crippen LogP contribution in [-0.2, 0) is 4.74 Å². The first-order valence-electron chi connectivity index (χ1n) is 8.95. The highest BCUT2D eigenvalue weighted by atomic mass is 16.6. The van der Waals surface area contributed by atoms with E-state index < -0.39 is 29.9 Å². The van der Waals surface area contributed by atoms with Crippen LogP contribution in [0.25, 0.3) is 0 Å². The maximum absolute atomic E-state index is 12.1. The Morgan fingerprint density at radius 2 is 1.70 bits per heavy atom. The van der Waals surface area contributed by atoms with Gasteiger partial charge >= 0.3 is 6.09 Å². The number of carbonyl (C=O) groups excluding carboxylic acids is 1. The number of carbonyl (C=O) groups is 1. The first-order valence-corrected chi connectivity index (χ1v) is 8.95. The smallest absolute Gasteiger partial charge is 0.407 e. The van der Waals surface area contributed by atoms with E-state index in [1.807, 2.05) is 34.6 Å². The fourth-order valence-corrected chi connectivity index (χ4v) is 3.10. The van der Waals surface area contributed by atoms with Gasteiger partial charge in [0, 0.05) is 5.54 Å². The summed E-state index contributed by atoms with van der Waals surface area (Å²) in [5.41, 5.74) is -0.395. The molecule has 1 amide bonds. The molecule has 0 aromatic rings. The lowest BCUT2D eigenvalue weighted by atomic mass is 9.83. The standard InChI is InChI=1S/C18H35NO4/c1-12(2)15(20)16(21)14(11-13-9-7-6-8-10-13)23-17(22)19-18(3,4)5/h12-16,20-21H,6-11H2,1-5H3,(H,19,22)/t14-,15-,16-/m0/s1. The zero-order chi connectivity index (χ0) is 17.6. The molecule has 1 fully saturated rings. The first kappa shape index (κ1) is 20.2. The molecule has 136 valence electrons. The molecule has 0 aliphatic heterocycles. The molecule has 0 bridgehead atoms. The van der Waals surface area contributed by atoms with Crippen molar-refractivity contribution < 1.29 is 19.7 Å². The molecular formula is C18H35NO4. The van der Waals surface area contributed by atoms with E-state index >= 15 is 0 Å². The van der Waals surface area contributed by atoms with Crippen LogP contribution in [0, 0.1) is 11.8 Å². The molecule has 0 aromatic heterocycles. The number of hydrogen-bond acceptors (Lipinski definition) is 4. The molecule has 0 heterocycles. The van der Waals surface area contributed by atoms with E-state index in [-0.39, 0.29) is 5.92 Å². The van der Waals surface area contributed by atoms with E-state index in [0.29, 0.717) is 12.3 Å². The monoisotopic (exact) mass is 329 g/mol. The molecule has 1 saturated carbocycles. The third kappa shape index (κ3) is 7.53. The second-order valence-corrected chi connectivity index (χ2v) is 8.28. The van der Waals surface area contributed by atoms with E-state index in [2.05, 4.69) is 5.32 Å². The fraction of sp³-hybridized carbons (Fsp3) is 0.944. The van der Waals surface area contributed by atoms with Crippen LogP contribution < -0.4 is 5.32 Å². The lowest BCUT2D eigenvalue weighted by molar-refractivity contribution is -0.0871. The molecule has 3 N–H and O–H groups in total. The molecule has 0 aromatic carbocycles. The highest BCUT2D eigenvalue weighted by molar-refractivity contribution is 5.68. The summed E-state index contributed by atoms with van der Waals surface area (Å²) >= 11 is 0. The minimum Gasteiger partial charge on any atom is -0.443 e. The summed E-state index contributed by atoms with van der Waals surface area (Å²) < 4.78 is 5.50. The zero-order valence-electron chi connectivity index (χ0n) is 15.3. The van der Waals surface area contributed by atoms with Crippen molar-refractivity contribution in [1.82, 2.24) is 5.32 Å². The topological polar surface area (TPSA) is 78.8 Å². The van der Waals surface area contributed by atoms with Gasteiger partial charge in [-0.05, 0) is 39.0 Å². The summed E-state index contributed by atoms with van der Waals surface area (Å²) in [4.78, 5) is 12.1. The third-order valence-corrected chi connectivity index (χ3v) is 4.44. The average molecular weight is 329 g/mol. The van der Waals surface area contributed by atoms with E-state index in [4.69, 9.17) is 4.74 Å². The number of nitrogens with one attached hydrogen (secondary N) is 1. The van der Waals surface area contributed by atoms with Crippen LogP contribution in [0.4, 0.5) is 4.79 Å². The lowest BCUT2D eigenvalue weighted by Gasteiger charge is -2.33. The maximum atomic E-state index is 12.1. The molecule has 1 rings (SSSR count). The molecule has 0 spiro atoms. The Morgan fingerprint density at radius 3 is 2.17 bits per heavy atom. The number of alkyl carbamates (subject to hydrolysis) is 1. The second kappa shape index (κ2) is 8.88. The SMILES string of the molecule is CC(C)[C@H](O)[C@@H](O)[C@H](CC1CCCCC1)OC(=O)NC(C)(C)C. The van der Waals surface area contributed by atoms with Gasteiger partial charge in [0.15, 0.2) is 0 Å². The Balaban J connectivity index is 2.72. The van der Waals surface area contributed by atoms with Gasteiger partial charge in [0.05, 0.1) is 6.10 Å². The van der Waals surface area contributed by atoms with Crippen LogP contribution in [-0.4, -0.2) is 40.2 Å². The van der Waals surface area contributed by atoms with E-state index in [1.165, 1.54) is 19.3 Å². The van der Waals surface area contributed by atoms with Crippen LogP contribution in [0.1, 0.15) is 73.1 Å². The van der Waals surface area contributed by atoms with Crippen molar-refractivity contribution in [2.24, 2.45) is 11.8 Å². The molecule has 23 heavy (non-hydrogen) atoms. The van der Waals surface area contributed by atoms with Crippen molar-refractivity contribution in [3.63, 3.8) is 0 Å². The lowest BCUT2D eigenvalue weighted by Crippen LogP contribution is -2.48. The van der Waals surface area contributed by atoms with Crippen molar-refractivity contribution in [2.75, 3.05) is 0 Å². The Bertz CT molecular complexity index is 359. The van der Waals surface area contributed by atoms with Gasteiger partial charge in [0.25, 0.3) is 0 Å². The summed E-state index contributed by atoms with van der Waals surface area (Å²) in [6, 6.07) is 0. The summed E-state index contributed by atoms with van der Waals surface area (Å²) in [6.45, 7) is 9.33. The largest absolute Gasteiger partial charge is 0.443 e. The number of ether oxygens (including phenoxy) is 1. The van der Waals surface area contributed by atoms with Gasteiger partial charge in [0.1, 0.15) is 12.2 Å². The predicted octanol–water partition coefficient (Wildman–Crippen LogP) is 3.23. The molecule has 1 aliphatic carbocycles. The first-order chi connectivity index (χ1) is 10.6. The molecule has 0 unspecified atom stereocenters. The fourth-order valence-electron chi connectivity index (χ4n) is 3.10. The number of hydrogen-bond donors (Lipinski definition) is 3. The second-order valence-electron chi connectivity index (χ2n) is 8.28. The quantitative estimate of drug-likeness (QED) is 0.699. The van der Waals surface area contributed by atoms with Crippen LogP contribution in [0.3, 0.4) is 0 Å². The van der Waals surface area contributed by atoms with Crippen LogP contribution in [0.2, 0.25) is 0 Å².